The first kappa shape index (κ1) is 14.1. The van der Waals surface area contributed by atoms with Gasteiger partial charge in [0.25, 0.3) is 0 Å². The topological polar surface area (TPSA) is 55.1 Å². The molecule has 1 aliphatic carbocycles. The molecule has 0 bridgehead atoms. The first-order valence-corrected chi connectivity index (χ1v) is 7.22. The van der Waals surface area contributed by atoms with Crippen molar-refractivity contribution < 1.29 is 4.79 Å². The van der Waals surface area contributed by atoms with E-state index in [0.717, 1.165) is 12.8 Å². The van der Waals surface area contributed by atoms with Crippen LogP contribution in [-0.2, 0) is 11.2 Å². The van der Waals surface area contributed by atoms with Crippen molar-refractivity contribution in [2.75, 3.05) is 0 Å². The zero-order chi connectivity index (χ0) is 13.8. The second kappa shape index (κ2) is 6.20. The SMILES string of the molecule is CC(C)C(NC1CCCCc2ccccc21)C(N)=O. The molecule has 0 aliphatic heterocycles. The Morgan fingerprint density at radius 1 is 1.32 bits per heavy atom. The molecule has 3 heteroatoms. The highest BCUT2D eigenvalue weighted by atomic mass is 16.1. The van der Waals surface area contributed by atoms with Crippen LogP contribution in [0.1, 0.15) is 50.3 Å². The summed E-state index contributed by atoms with van der Waals surface area (Å²) in [6.45, 7) is 4.07. The van der Waals surface area contributed by atoms with E-state index in [1.54, 1.807) is 0 Å². The second-order valence-corrected chi connectivity index (χ2v) is 5.79. The van der Waals surface area contributed by atoms with Crippen LogP contribution in [0.25, 0.3) is 0 Å². The molecule has 1 aliphatic rings. The van der Waals surface area contributed by atoms with Gasteiger partial charge in [0.1, 0.15) is 0 Å². The average Bonchev–Trinajstić information content (AvgIpc) is 2.57. The lowest BCUT2D eigenvalue weighted by Gasteiger charge is -2.26. The number of fused-ring (bicyclic) bond motifs is 1. The van der Waals surface area contributed by atoms with Crippen molar-refractivity contribution >= 4 is 5.91 Å². The van der Waals surface area contributed by atoms with Crippen molar-refractivity contribution in [1.29, 1.82) is 0 Å². The molecule has 2 atom stereocenters. The molecule has 2 unspecified atom stereocenters. The number of hydrogen-bond donors (Lipinski definition) is 2. The average molecular weight is 260 g/mol. The van der Waals surface area contributed by atoms with Gasteiger partial charge in [0.05, 0.1) is 6.04 Å². The monoisotopic (exact) mass is 260 g/mol. The number of nitrogens with two attached hydrogens (primary N) is 1. The van der Waals surface area contributed by atoms with E-state index in [1.807, 2.05) is 13.8 Å². The normalized spacial score (nSPS) is 20.7. The fourth-order valence-corrected chi connectivity index (χ4v) is 2.91. The molecule has 19 heavy (non-hydrogen) atoms. The molecule has 3 N–H and O–H groups in total. The van der Waals surface area contributed by atoms with Gasteiger partial charge in [-0.3, -0.25) is 10.1 Å². The Hall–Kier alpha value is -1.35. The highest BCUT2D eigenvalue weighted by molar-refractivity contribution is 5.80. The maximum atomic E-state index is 11.6. The molecule has 1 aromatic carbocycles. The van der Waals surface area contributed by atoms with Crippen molar-refractivity contribution in [1.82, 2.24) is 5.32 Å². The lowest BCUT2D eigenvalue weighted by atomic mass is 9.96. The minimum atomic E-state index is -0.254. The lowest BCUT2D eigenvalue weighted by molar-refractivity contribution is -0.121. The number of carbonyl (C=O) groups is 1. The minimum Gasteiger partial charge on any atom is -0.368 e. The molecule has 1 aromatic rings. The predicted molar refractivity (Wildman–Crippen MR) is 77.7 cm³/mol. The Morgan fingerprint density at radius 2 is 2.05 bits per heavy atom. The molecule has 104 valence electrons. The molecule has 0 saturated heterocycles. The molecule has 1 amide bonds. The van der Waals surface area contributed by atoms with Crippen LogP contribution in [0.15, 0.2) is 24.3 Å². The van der Waals surface area contributed by atoms with E-state index in [0.29, 0.717) is 0 Å². The first-order valence-electron chi connectivity index (χ1n) is 7.22. The third-order valence-corrected chi connectivity index (χ3v) is 3.97. The summed E-state index contributed by atoms with van der Waals surface area (Å²) in [6, 6.07) is 8.54. The Bertz CT molecular complexity index is 442. The van der Waals surface area contributed by atoms with Crippen LogP contribution in [0.4, 0.5) is 0 Å². The van der Waals surface area contributed by atoms with Crippen LogP contribution in [-0.4, -0.2) is 11.9 Å². The van der Waals surface area contributed by atoms with E-state index in [2.05, 4.69) is 29.6 Å². The summed E-state index contributed by atoms with van der Waals surface area (Å²) >= 11 is 0. The number of primary amides is 1. The number of aryl methyl sites for hydroxylation is 1. The third kappa shape index (κ3) is 3.35. The highest BCUT2D eigenvalue weighted by Gasteiger charge is 2.25. The summed E-state index contributed by atoms with van der Waals surface area (Å²) in [5.74, 6) is -0.0374. The maximum Gasteiger partial charge on any atom is 0.234 e. The summed E-state index contributed by atoms with van der Waals surface area (Å²) in [5, 5.41) is 3.48. The van der Waals surface area contributed by atoms with E-state index >= 15 is 0 Å². The number of nitrogens with one attached hydrogen (secondary N) is 1. The van der Waals surface area contributed by atoms with Gasteiger partial charge in [0.2, 0.25) is 5.91 Å². The summed E-state index contributed by atoms with van der Waals surface area (Å²) in [6.07, 6.45) is 4.62. The summed E-state index contributed by atoms with van der Waals surface area (Å²) < 4.78 is 0. The van der Waals surface area contributed by atoms with E-state index in [9.17, 15) is 4.79 Å². The highest BCUT2D eigenvalue weighted by Crippen LogP contribution is 2.29. The van der Waals surface area contributed by atoms with Gasteiger partial charge < -0.3 is 5.73 Å². The largest absolute Gasteiger partial charge is 0.368 e. The Kier molecular flexibility index (Phi) is 4.59. The molecule has 3 nitrogen and oxygen atoms in total. The number of rotatable bonds is 4. The zero-order valence-corrected chi connectivity index (χ0v) is 11.9. The summed E-state index contributed by atoms with van der Waals surface area (Å²) in [4.78, 5) is 11.6. The van der Waals surface area contributed by atoms with Gasteiger partial charge in [0, 0.05) is 6.04 Å². The molecule has 0 spiro atoms. The Morgan fingerprint density at radius 3 is 2.74 bits per heavy atom. The molecular weight excluding hydrogens is 236 g/mol. The number of carbonyl (C=O) groups excluding carboxylic acids is 1. The van der Waals surface area contributed by atoms with Crippen LogP contribution < -0.4 is 11.1 Å². The first-order chi connectivity index (χ1) is 9.09. The van der Waals surface area contributed by atoms with E-state index in [1.165, 1.54) is 24.0 Å². The van der Waals surface area contributed by atoms with Crippen LogP contribution in [0.3, 0.4) is 0 Å². The molecule has 0 fully saturated rings. The van der Waals surface area contributed by atoms with Crippen molar-refractivity contribution in [3.63, 3.8) is 0 Å². The van der Waals surface area contributed by atoms with Gasteiger partial charge in [0.15, 0.2) is 0 Å². The molecule has 0 radical (unpaired) electrons. The van der Waals surface area contributed by atoms with E-state index in [4.69, 9.17) is 5.73 Å². The Labute approximate surface area is 115 Å². The van der Waals surface area contributed by atoms with Crippen LogP contribution >= 0.6 is 0 Å². The fourth-order valence-electron chi connectivity index (χ4n) is 2.91. The lowest BCUT2D eigenvalue weighted by Crippen LogP contribution is -2.46. The summed E-state index contributed by atoms with van der Waals surface area (Å²) in [5.41, 5.74) is 8.26. The van der Waals surface area contributed by atoms with Crippen molar-refractivity contribution in [2.24, 2.45) is 11.7 Å². The van der Waals surface area contributed by atoms with Crippen LogP contribution in [0.5, 0.6) is 0 Å². The molecule has 0 heterocycles. The number of benzene rings is 1. The standard InChI is InChI=1S/C16H24N2O/c1-11(2)15(16(17)19)18-14-10-6-4-8-12-7-3-5-9-13(12)14/h3,5,7,9,11,14-15,18H,4,6,8,10H2,1-2H3,(H2,17,19). The van der Waals surface area contributed by atoms with Gasteiger partial charge in [-0.2, -0.15) is 0 Å². The van der Waals surface area contributed by atoms with Gasteiger partial charge in [-0.05, 0) is 36.3 Å². The summed E-state index contributed by atoms with van der Waals surface area (Å²) in [7, 11) is 0. The molecule has 0 aromatic heterocycles. The second-order valence-electron chi connectivity index (χ2n) is 5.79. The van der Waals surface area contributed by atoms with Gasteiger partial charge in [-0.15, -0.1) is 0 Å². The minimum absolute atomic E-state index is 0.216. The molecule has 0 saturated carbocycles. The maximum absolute atomic E-state index is 11.6. The smallest absolute Gasteiger partial charge is 0.234 e. The van der Waals surface area contributed by atoms with Gasteiger partial charge in [-0.25, -0.2) is 0 Å². The quantitative estimate of drug-likeness (QED) is 0.817. The van der Waals surface area contributed by atoms with Crippen molar-refractivity contribution in [2.45, 2.75) is 51.6 Å². The molecular formula is C16H24N2O. The fraction of sp³-hybridized carbons (Fsp3) is 0.562. The van der Waals surface area contributed by atoms with Crippen LogP contribution in [0, 0.1) is 5.92 Å². The van der Waals surface area contributed by atoms with Crippen molar-refractivity contribution in [3.05, 3.63) is 35.4 Å². The predicted octanol–water partition coefficient (Wildman–Crippen LogP) is 2.55. The Balaban J connectivity index is 2.22. The van der Waals surface area contributed by atoms with E-state index < -0.39 is 0 Å². The van der Waals surface area contributed by atoms with Crippen LogP contribution in [0.2, 0.25) is 0 Å². The zero-order valence-electron chi connectivity index (χ0n) is 11.9. The molecule has 2 rings (SSSR count). The van der Waals surface area contributed by atoms with E-state index in [-0.39, 0.29) is 23.9 Å². The van der Waals surface area contributed by atoms with Gasteiger partial charge in [-0.1, -0.05) is 44.5 Å². The van der Waals surface area contributed by atoms with Gasteiger partial charge >= 0.3 is 0 Å². The third-order valence-electron chi connectivity index (χ3n) is 3.97. The number of amides is 1. The number of hydrogen-bond acceptors (Lipinski definition) is 2. The van der Waals surface area contributed by atoms with Crippen molar-refractivity contribution in [3.8, 4) is 0 Å².